The molecule has 8 heteroatoms. The third-order valence-corrected chi connectivity index (χ3v) is 5.81. The molecule has 1 N–H and O–H groups in total. The van der Waals surface area contributed by atoms with E-state index in [4.69, 9.17) is 18.6 Å². The molecule has 1 amide bonds. The van der Waals surface area contributed by atoms with Gasteiger partial charge in [-0.3, -0.25) is 4.79 Å². The van der Waals surface area contributed by atoms with Crippen LogP contribution in [-0.2, 0) is 11.3 Å². The highest BCUT2D eigenvalue weighted by Crippen LogP contribution is 2.39. The maximum absolute atomic E-state index is 12.5. The minimum atomic E-state index is -0.150. The van der Waals surface area contributed by atoms with Crippen molar-refractivity contribution in [2.45, 2.75) is 19.9 Å². The summed E-state index contributed by atoms with van der Waals surface area (Å²) >= 11 is 0. The number of fused-ring (bicyclic) bond motifs is 1. The molecule has 8 nitrogen and oxygen atoms in total. The van der Waals surface area contributed by atoms with E-state index in [1.165, 1.54) is 0 Å². The van der Waals surface area contributed by atoms with Crippen molar-refractivity contribution in [3.63, 3.8) is 0 Å². The number of hydrogen-bond donors (Lipinski definition) is 1. The second-order valence-corrected chi connectivity index (χ2v) is 8.04. The number of hydrogen-bond acceptors (Lipinski definition) is 6. The monoisotopic (exact) mass is 475 g/mol. The summed E-state index contributed by atoms with van der Waals surface area (Å²) in [6.07, 6.45) is 9.53. The number of carbonyl (C=O) groups excluding carboxylic acids is 1. The van der Waals surface area contributed by atoms with Crippen LogP contribution in [-0.4, -0.2) is 43.3 Å². The SMILES string of the molecule is COc1ccc(-c2coc3cc(OC)c(/C(C)=C/C(=O)NCCCn4ccnc4)cc23)cc1OC. The van der Waals surface area contributed by atoms with Gasteiger partial charge in [0, 0.05) is 54.1 Å². The van der Waals surface area contributed by atoms with Crippen LogP contribution in [0.3, 0.4) is 0 Å². The number of aryl methyl sites for hydroxylation is 1. The van der Waals surface area contributed by atoms with Crippen LogP contribution < -0.4 is 19.5 Å². The molecule has 0 aliphatic heterocycles. The van der Waals surface area contributed by atoms with Gasteiger partial charge in [-0.1, -0.05) is 6.07 Å². The summed E-state index contributed by atoms with van der Waals surface area (Å²) in [6.45, 7) is 3.26. The molecule has 2 aromatic carbocycles. The minimum absolute atomic E-state index is 0.150. The second kappa shape index (κ2) is 10.8. The lowest BCUT2D eigenvalue weighted by atomic mass is 9.99. The first-order valence-electron chi connectivity index (χ1n) is 11.3. The van der Waals surface area contributed by atoms with E-state index in [0.29, 0.717) is 29.4 Å². The Hall–Kier alpha value is -4.20. The van der Waals surface area contributed by atoms with Crippen LogP contribution in [0.1, 0.15) is 18.9 Å². The first-order chi connectivity index (χ1) is 17.0. The Kier molecular flexibility index (Phi) is 7.40. The normalized spacial score (nSPS) is 11.5. The van der Waals surface area contributed by atoms with E-state index >= 15 is 0 Å². The quantitative estimate of drug-likeness (QED) is 0.258. The van der Waals surface area contributed by atoms with Gasteiger partial charge in [0.1, 0.15) is 11.3 Å². The number of amides is 1. The lowest BCUT2D eigenvalue weighted by molar-refractivity contribution is -0.116. The third-order valence-electron chi connectivity index (χ3n) is 5.81. The van der Waals surface area contributed by atoms with Crippen LogP contribution in [0.2, 0.25) is 0 Å². The summed E-state index contributed by atoms with van der Waals surface area (Å²) in [5.74, 6) is 1.77. The molecule has 35 heavy (non-hydrogen) atoms. The van der Waals surface area contributed by atoms with Gasteiger partial charge in [-0.15, -0.1) is 0 Å². The Balaban J connectivity index is 1.57. The summed E-state index contributed by atoms with van der Waals surface area (Å²) in [7, 11) is 4.82. The first kappa shape index (κ1) is 23.9. The van der Waals surface area contributed by atoms with Crippen molar-refractivity contribution in [2.75, 3.05) is 27.9 Å². The van der Waals surface area contributed by atoms with Crippen LogP contribution in [0.15, 0.2) is 65.8 Å². The molecule has 182 valence electrons. The molecular formula is C27H29N3O5. The van der Waals surface area contributed by atoms with Gasteiger partial charge in [-0.25, -0.2) is 4.98 Å². The summed E-state index contributed by atoms with van der Waals surface area (Å²) in [4.78, 5) is 16.5. The highest BCUT2D eigenvalue weighted by Gasteiger charge is 2.16. The average Bonchev–Trinajstić information content (AvgIpc) is 3.55. The molecule has 2 aromatic heterocycles. The van der Waals surface area contributed by atoms with E-state index in [1.807, 2.05) is 48.0 Å². The summed E-state index contributed by atoms with van der Waals surface area (Å²) in [6, 6.07) is 9.55. The first-order valence-corrected chi connectivity index (χ1v) is 11.3. The van der Waals surface area contributed by atoms with Crippen molar-refractivity contribution in [2.24, 2.45) is 0 Å². The average molecular weight is 476 g/mol. The third kappa shape index (κ3) is 5.32. The molecule has 0 spiro atoms. The molecule has 0 unspecified atom stereocenters. The van der Waals surface area contributed by atoms with Gasteiger partial charge in [-0.2, -0.15) is 0 Å². The molecule has 0 radical (unpaired) electrons. The van der Waals surface area contributed by atoms with Gasteiger partial charge >= 0.3 is 0 Å². The Bertz CT molecular complexity index is 1340. The fourth-order valence-electron chi connectivity index (χ4n) is 3.98. The number of nitrogens with zero attached hydrogens (tertiary/aromatic N) is 2. The molecule has 2 heterocycles. The molecule has 0 aliphatic carbocycles. The molecule has 4 rings (SSSR count). The van der Waals surface area contributed by atoms with Crippen molar-refractivity contribution in [3.05, 3.63) is 67.0 Å². The van der Waals surface area contributed by atoms with Crippen molar-refractivity contribution >= 4 is 22.4 Å². The number of furan rings is 1. The number of carbonyl (C=O) groups is 1. The fraction of sp³-hybridized carbons (Fsp3) is 0.259. The molecule has 0 saturated heterocycles. The number of rotatable bonds is 10. The van der Waals surface area contributed by atoms with E-state index in [9.17, 15) is 4.79 Å². The van der Waals surface area contributed by atoms with Gasteiger partial charge in [0.2, 0.25) is 5.91 Å². The number of methoxy groups -OCH3 is 3. The lowest BCUT2D eigenvalue weighted by Crippen LogP contribution is -2.23. The van der Waals surface area contributed by atoms with Gasteiger partial charge < -0.3 is 28.5 Å². The van der Waals surface area contributed by atoms with Crippen molar-refractivity contribution < 1.29 is 23.4 Å². The number of imidazole rings is 1. The molecule has 0 fully saturated rings. The molecule has 4 aromatic rings. The van der Waals surface area contributed by atoms with Gasteiger partial charge in [0.05, 0.1) is 33.9 Å². The topological polar surface area (TPSA) is 87.8 Å². The Labute approximate surface area is 204 Å². The predicted molar refractivity (Wildman–Crippen MR) is 135 cm³/mol. The van der Waals surface area contributed by atoms with Crippen molar-refractivity contribution in [1.82, 2.24) is 14.9 Å². The molecular weight excluding hydrogens is 446 g/mol. The van der Waals surface area contributed by atoms with Crippen LogP contribution in [0.4, 0.5) is 0 Å². The zero-order chi connectivity index (χ0) is 24.8. The van der Waals surface area contributed by atoms with Gasteiger partial charge in [0.25, 0.3) is 0 Å². The zero-order valence-corrected chi connectivity index (χ0v) is 20.3. The lowest BCUT2D eigenvalue weighted by Gasteiger charge is -2.11. The Morgan fingerprint density at radius 3 is 2.60 bits per heavy atom. The largest absolute Gasteiger partial charge is 0.496 e. The molecule has 0 atom stereocenters. The highest BCUT2D eigenvalue weighted by atomic mass is 16.5. The van der Waals surface area contributed by atoms with Crippen molar-refractivity contribution in [1.29, 1.82) is 0 Å². The molecule has 0 aliphatic rings. The van der Waals surface area contributed by atoms with Crippen molar-refractivity contribution in [3.8, 4) is 28.4 Å². The van der Waals surface area contributed by atoms with E-state index < -0.39 is 0 Å². The highest BCUT2D eigenvalue weighted by molar-refractivity contribution is 6.00. The minimum Gasteiger partial charge on any atom is -0.496 e. The summed E-state index contributed by atoms with van der Waals surface area (Å²) in [5.41, 5.74) is 4.12. The van der Waals surface area contributed by atoms with E-state index in [-0.39, 0.29) is 5.91 Å². The second-order valence-electron chi connectivity index (χ2n) is 8.04. The maximum atomic E-state index is 12.5. The molecule has 0 bridgehead atoms. The summed E-state index contributed by atoms with van der Waals surface area (Å²) in [5, 5.41) is 3.85. The number of nitrogens with one attached hydrogen (secondary N) is 1. The van der Waals surface area contributed by atoms with E-state index in [0.717, 1.165) is 40.6 Å². The number of benzene rings is 2. The van der Waals surface area contributed by atoms with Gasteiger partial charge in [-0.05, 0) is 42.7 Å². The standard InChI is InChI=1S/C27H29N3O5/c1-18(12-27(31)29-8-5-10-30-11-9-28-17-30)20-14-21-22(16-35-25(21)15-24(20)33-3)19-6-7-23(32-2)26(13-19)34-4/h6-7,9,11-17H,5,8,10H2,1-4H3,(H,29,31)/b18-12+. The zero-order valence-electron chi connectivity index (χ0n) is 20.3. The van der Waals surface area contributed by atoms with Crippen LogP contribution in [0, 0.1) is 0 Å². The van der Waals surface area contributed by atoms with Crippen LogP contribution in [0.25, 0.3) is 27.7 Å². The van der Waals surface area contributed by atoms with Crippen LogP contribution in [0.5, 0.6) is 17.2 Å². The molecule has 0 saturated carbocycles. The fourth-order valence-corrected chi connectivity index (χ4v) is 3.98. The Morgan fingerprint density at radius 2 is 1.89 bits per heavy atom. The number of aromatic nitrogens is 2. The number of allylic oxidation sites excluding steroid dienone is 1. The van der Waals surface area contributed by atoms with Crippen LogP contribution >= 0.6 is 0 Å². The van der Waals surface area contributed by atoms with E-state index in [1.54, 1.807) is 46.2 Å². The Morgan fingerprint density at radius 1 is 1.09 bits per heavy atom. The van der Waals surface area contributed by atoms with Gasteiger partial charge in [0.15, 0.2) is 11.5 Å². The number of ether oxygens (including phenoxy) is 3. The smallest absolute Gasteiger partial charge is 0.244 e. The predicted octanol–water partition coefficient (Wildman–Crippen LogP) is 4.93. The maximum Gasteiger partial charge on any atom is 0.244 e. The van der Waals surface area contributed by atoms with E-state index in [2.05, 4.69) is 10.3 Å². The summed E-state index contributed by atoms with van der Waals surface area (Å²) < 4.78 is 24.2.